The predicted octanol–water partition coefficient (Wildman–Crippen LogP) is 4.09. The van der Waals surface area contributed by atoms with E-state index >= 15 is 0 Å². The number of hydrogen-bond acceptors (Lipinski definition) is 0. The molecule has 0 unspecified atom stereocenters. The van der Waals surface area contributed by atoms with Crippen LogP contribution < -0.4 is 5.32 Å². The fourth-order valence-corrected chi connectivity index (χ4v) is 5.93. The molecule has 0 amide bonds. The van der Waals surface area contributed by atoms with Crippen LogP contribution in [0.15, 0.2) is 37.1 Å². The van der Waals surface area contributed by atoms with Gasteiger partial charge in [0.1, 0.15) is 0 Å². The van der Waals surface area contributed by atoms with Crippen molar-refractivity contribution in [2.75, 3.05) is 0 Å². The van der Waals surface area contributed by atoms with Gasteiger partial charge in [0, 0.05) is 28.4 Å². The van der Waals surface area contributed by atoms with Crippen LogP contribution in [0, 0.1) is 18.4 Å². The molecule has 0 spiro atoms. The Morgan fingerprint density at radius 1 is 1.38 bits per heavy atom. The monoisotopic (exact) mass is 342 g/mol. The van der Waals surface area contributed by atoms with Crippen molar-refractivity contribution in [1.82, 2.24) is 4.98 Å². The van der Waals surface area contributed by atoms with Gasteiger partial charge in [-0.2, -0.15) is 7.05 Å². The highest BCUT2D eigenvalue weighted by Gasteiger charge is 2.57. The Kier molecular flexibility index (Phi) is 3.47. The Hall–Kier alpha value is -1.25. The molecule has 0 radical (unpaired) electrons. The molecule has 5 atom stereocenters. The number of quaternary nitrogens is 1. The van der Waals surface area contributed by atoms with Gasteiger partial charge in [-0.15, -0.1) is 18.2 Å². The molecule has 2 aromatic rings. The fourth-order valence-electron chi connectivity index (χ4n) is 5.50. The van der Waals surface area contributed by atoms with Crippen molar-refractivity contribution < 1.29 is 5.32 Å². The number of alkyl halides is 1. The summed E-state index contributed by atoms with van der Waals surface area (Å²) in [5.74, 6) is 0.934. The second-order valence-electron chi connectivity index (χ2n) is 8.36. The van der Waals surface area contributed by atoms with E-state index in [4.69, 9.17) is 11.6 Å². The highest BCUT2D eigenvalue weighted by Crippen LogP contribution is 2.59. The van der Waals surface area contributed by atoms with E-state index in [9.17, 15) is 0 Å². The third kappa shape index (κ3) is 1.82. The van der Waals surface area contributed by atoms with E-state index in [2.05, 4.69) is 75.2 Å². The van der Waals surface area contributed by atoms with Crippen LogP contribution in [0.25, 0.3) is 10.9 Å². The van der Waals surface area contributed by atoms with Crippen LogP contribution in [0.5, 0.6) is 0 Å². The molecule has 24 heavy (non-hydrogen) atoms. The van der Waals surface area contributed by atoms with Gasteiger partial charge >= 0.3 is 0 Å². The summed E-state index contributed by atoms with van der Waals surface area (Å²) in [4.78, 5) is 3.50. The third-order valence-electron chi connectivity index (χ3n) is 7.08. The summed E-state index contributed by atoms with van der Waals surface area (Å²) in [6.45, 7) is 11.1. The maximum absolute atomic E-state index is 6.92. The fraction of sp³-hybridized carbons (Fsp3) is 0.476. The van der Waals surface area contributed by atoms with Crippen molar-refractivity contribution in [1.29, 1.82) is 0 Å². The summed E-state index contributed by atoms with van der Waals surface area (Å²) < 4.78 is 0. The summed E-state index contributed by atoms with van der Waals surface area (Å²) >= 11 is 6.92. The number of H-pyrrole nitrogens is 1. The summed E-state index contributed by atoms with van der Waals surface area (Å²) in [6, 6.07) is 6.94. The highest BCUT2D eigenvalue weighted by molar-refractivity contribution is 6.21. The van der Waals surface area contributed by atoms with Crippen molar-refractivity contribution in [3.05, 3.63) is 55.2 Å². The molecule has 1 aromatic heterocycles. The van der Waals surface area contributed by atoms with E-state index < -0.39 is 0 Å². The number of benzene rings is 1. The maximum Gasteiger partial charge on any atom is 0.0797 e. The largest absolute Gasteiger partial charge is 0.475 e. The van der Waals surface area contributed by atoms with Crippen LogP contribution >= 0.6 is 11.6 Å². The molecule has 0 bridgehead atoms. The van der Waals surface area contributed by atoms with Crippen LogP contribution in [0.3, 0.4) is 0 Å². The Morgan fingerprint density at radius 3 is 2.79 bits per heavy atom. The van der Waals surface area contributed by atoms with Crippen LogP contribution in [-0.2, 0) is 5.41 Å². The predicted molar refractivity (Wildman–Crippen MR) is 101 cm³/mol. The van der Waals surface area contributed by atoms with Gasteiger partial charge in [0.2, 0.25) is 0 Å². The summed E-state index contributed by atoms with van der Waals surface area (Å²) in [6.07, 6.45) is 5.29. The molecule has 1 saturated carbocycles. The Labute approximate surface area is 149 Å². The second kappa shape index (κ2) is 5.12. The van der Waals surface area contributed by atoms with Crippen molar-refractivity contribution in [3.63, 3.8) is 0 Å². The van der Waals surface area contributed by atoms with E-state index in [0.717, 1.165) is 6.42 Å². The molecule has 1 fully saturated rings. The van der Waals surface area contributed by atoms with Crippen LogP contribution in [0.2, 0.25) is 0 Å². The van der Waals surface area contributed by atoms with E-state index in [1.807, 2.05) is 0 Å². The standard InChI is InChI=1S/C21H27ClN2/c1-6-21(4)16(22)10-14-18(19(21)23-5)12-11-24-15-9-7-8-13(17(12)15)20(14,2)3/h6-9,11,14,16,18-19,24H,1,5,10,23H2,2-4H3/t14-,16+,18-,19+,21-/m0/s1. The number of nitrogens with one attached hydrogen (secondary N) is 1. The lowest BCUT2D eigenvalue weighted by molar-refractivity contribution is -0.654. The first-order valence-corrected chi connectivity index (χ1v) is 9.30. The first kappa shape index (κ1) is 16.2. The average molecular weight is 343 g/mol. The Balaban J connectivity index is 2.01. The SMILES string of the molecule is C=C[C@@]1(C)[C@H](Cl)C[C@H]2[C@H](c3c[nH]c4cccc(c34)C2(C)C)[C@H]1[NH2+][CH2-]. The van der Waals surface area contributed by atoms with E-state index in [0.29, 0.717) is 17.9 Å². The summed E-state index contributed by atoms with van der Waals surface area (Å²) in [5, 5.41) is 3.62. The van der Waals surface area contributed by atoms with Gasteiger partial charge in [0.25, 0.3) is 0 Å². The number of rotatable bonds is 2. The van der Waals surface area contributed by atoms with Gasteiger partial charge in [0.15, 0.2) is 0 Å². The van der Waals surface area contributed by atoms with E-state index in [1.165, 1.54) is 22.0 Å². The molecule has 2 aliphatic rings. The molecule has 0 saturated heterocycles. The van der Waals surface area contributed by atoms with Gasteiger partial charge in [-0.3, -0.25) is 0 Å². The average Bonchev–Trinajstić information content (AvgIpc) is 2.99. The minimum atomic E-state index is -0.129. The van der Waals surface area contributed by atoms with Gasteiger partial charge in [-0.05, 0) is 41.9 Å². The number of hydrogen-bond donors (Lipinski definition) is 2. The molecule has 4 rings (SSSR count). The van der Waals surface area contributed by atoms with Crippen molar-refractivity contribution in [2.24, 2.45) is 11.3 Å². The number of halogens is 1. The third-order valence-corrected chi connectivity index (χ3v) is 7.73. The van der Waals surface area contributed by atoms with Crippen LogP contribution in [0.4, 0.5) is 0 Å². The normalized spacial score (nSPS) is 37.2. The number of fused-ring (bicyclic) bond motifs is 2. The lowest BCUT2D eigenvalue weighted by Crippen LogP contribution is -2.91. The molecular formula is C21H27ClN2. The van der Waals surface area contributed by atoms with Gasteiger partial charge in [-0.1, -0.05) is 32.1 Å². The minimum Gasteiger partial charge on any atom is -0.475 e. The van der Waals surface area contributed by atoms with Gasteiger partial charge in [0.05, 0.1) is 11.5 Å². The molecule has 2 nitrogen and oxygen atoms in total. The minimum absolute atomic E-state index is 0.0817. The smallest absolute Gasteiger partial charge is 0.0797 e. The number of aromatic nitrogens is 1. The first-order chi connectivity index (χ1) is 11.4. The molecule has 1 heterocycles. The number of nitrogens with two attached hydrogens (primary N) is 1. The van der Waals surface area contributed by atoms with E-state index in [1.54, 1.807) is 0 Å². The summed E-state index contributed by atoms with van der Waals surface area (Å²) in [5.41, 5.74) is 4.09. The van der Waals surface area contributed by atoms with Crippen molar-refractivity contribution >= 4 is 22.5 Å². The van der Waals surface area contributed by atoms with Crippen molar-refractivity contribution in [3.8, 4) is 0 Å². The molecular weight excluding hydrogens is 316 g/mol. The van der Waals surface area contributed by atoms with E-state index in [-0.39, 0.29) is 16.2 Å². The zero-order valence-electron chi connectivity index (χ0n) is 14.8. The molecule has 1 aromatic carbocycles. The van der Waals surface area contributed by atoms with Gasteiger partial charge < -0.3 is 10.3 Å². The molecule has 128 valence electrons. The van der Waals surface area contributed by atoms with Crippen LogP contribution in [-0.4, -0.2) is 16.4 Å². The highest BCUT2D eigenvalue weighted by atomic mass is 35.5. The Morgan fingerprint density at radius 2 is 2.12 bits per heavy atom. The van der Waals surface area contributed by atoms with Crippen LogP contribution in [0.1, 0.15) is 44.2 Å². The lowest BCUT2D eigenvalue weighted by Gasteiger charge is -2.56. The topological polar surface area (TPSA) is 32.4 Å². The summed E-state index contributed by atoms with van der Waals surface area (Å²) in [7, 11) is 4.19. The molecule has 3 N–H and O–H groups in total. The zero-order chi connectivity index (χ0) is 17.3. The molecule has 0 aliphatic heterocycles. The number of aromatic amines is 1. The van der Waals surface area contributed by atoms with Crippen molar-refractivity contribution in [2.45, 2.75) is 49.9 Å². The second-order valence-corrected chi connectivity index (χ2v) is 8.89. The quantitative estimate of drug-likeness (QED) is 0.468. The lowest BCUT2D eigenvalue weighted by atomic mass is 9.51. The molecule has 2 aliphatic carbocycles. The maximum atomic E-state index is 6.92. The zero-order valence-corrected chi connectivity index (χ0v) is 15.5. The first-order valence-electron chi connectivity index (χ1n) is 8.87. The Bertz CT molecular complexity index is 805. The molecule has 3 heteroatoms. The van der Waals surface area contributed by atoms with Gasteiger partial charge in [-0.25, -0.2) is 0 Å².